The van der Waals surface area contributed by atoms with Crippen LogP contribution in [0.5, 0.6) is 0 Å². The third-order valence-electron chi connectivity index (χ3n) is 3.02. The van der Waals surface area contributed by atoms with E-state index in [1.54, 1.807) is 28.9 Å². The highest BCUT2D eigenvalue weighted by Crippen LogP contribution is 2.25. The molecule has 128 valence electrons. The van der Waals surface area contributed by atoms with Crippen molar-refractivity contribution in [2.24, 2.45) is 0 Å². The molecule has 24 heavy (non-hydrogen) atoms. The number of halogens is 2. The predicted molar refractivity (Wildman–Crippen MR) is 95.6 cm³/mol. The van der Waals surface area contributed by atoms with E-state index in [2.05, 4.69) is 10.4 Å². The number of amides is 1. The standard InChI is InChI=1S/C15H15Cl2N3O3S/c1-9-6-12(15(23)18-4-5-24-8-14(21)22)19-20(9)13-3-2-10(16)7-11(13)17/h2-3,6-7H,4-5,8H2,1H3,(H,18,23)(H,21,22). The van der Waals surface area contributed by atoms with Gasteiger partial charge in [-0.05, 0) is 31.2 Å². The Labute approximate surface area is 153 Å². The summed E-state index contributed by atoms with van der Waals surface area (Å²) in [5, 5.41) is 16.5. The van der Waals surface area contributed by atoms with Gasteiger partial charge in [0.15, 0.2) is 5.69 Å². The first kappa shape index (κ1) is 18.6. The molecule has 0 saturated heterocycles. The number of benzene rings is 1. The molecule has 0 fully saturated rings. The van der Waals surface area contributed by atoms with E-state index in [1.165, 1.54) is 11.8 Å². The van der Waals surface area contributed by atoms with E-state index in [0.717, 1.165) is 5.69 Å². The molecule has 1 heterocycles. The second kappa shape index (κ2) is 8.41. The molecule has 0 atom stereocenters. The molecule has 0 saturated carbocycles. The SMILES string of the molecule is Cc1cc(C(=O)NCCSCC(=O)O)nn1-c1ccc(Cl)cc1Cl. The molecule has 1 aromatic heterocycles. The van der Waals surface area contributed by atoms with Gasteiger partial charge >= 0.3 is 5.97 Å². The van der Waals surface area contributed by atoms with Crippen LogP contribution in [0.3, 0.4) is 0 Å². The lowest BCUT2D eigenvalue weighted by Gasteiger charge is -2.07. The zero-order valence-electron chi connectivity index (χ0n) is 12.8. The van der Waals surface area contributed by atoms with Crippen molar-refractivity contribution >= 4 is 46.8 Å². The first-order valence-electron chi connectivity index (χ1n) is 6.98. The minimum absolute atomic E-state index is 0.0126. The zero-order chi connectivity index (χ0) is 17.7. The third-order valence-corrected chi connectivity index (χ3v) is 4.50. The zero-order valence-corrected chi connectivity index (χ0v) is 15.1. The van der Waals surface area contributed by atoms with Crippen molar-refractivity contribution in [3.63, 3.8) is 0 Å². The van der Waals surface area contributed by atoms with Crippen molar-refractivity contribution in [3.8, 4) is 5.69 Å². The molecule has 0 spiro atoms. The van der Waals surface area contributed by atoms with Crippen molar-refractivity contribution in [2.75, 3.05) is 18.1 Å². The van der Waals surface area contributed by atoms with Gasteiger partial charge in [0.2, 0.25) is 0 Å². The fourth-order valence-electron chi connectivity index (χ4n) is 1.97. The summed E-state index contributed by atoms with van der Waals surface area (Å²) in [6, 6.07) is 6.70. The van der Waals surface area contributed by atoms with Crippen LogP contribution in [0.25, 0.3) is 5.69 Å². The Kier molecular flexibility index (Phi) is 6.53. The number of aryl methyl sites for hydroxylation is 1. The van der Waals surface area contributed by atoms with Gasteiger partial charge in [-0.15, -0.1) is 11.8 Å². The Morgan fingerprint density at radius 2 is 2.08 bits per heavy atom. The van der Waals surface area contributed by atoms with Gasteiger partial charge in [-0.3, -0.25) is 9.59 Å². The molecule has 1 aromatic carbocycles. The molecule has 6 nitrogen and oxygen atoms in total. The molecule has 0 radical (unpaired) electrons. The summed E-state index contributed by atoms with van der Waals surface area (Å²) in [6.07, 6.45) is 0. The van der Waals surface area contributed by atoms with Crippen LogP contribution in [-0.4, -0.2) is 44.8 Å². The average molecular weight is 388 g/mol. The highest BCUT2D eigenvalue weighted by atomic mass is 35.5. The Morgan fingerprint density at radius 3 is 2.75 bits per heavy atom. The first-order chi connectivity index (χ1) is 11.4. The number of carboxylic acid groups (broad SMARTS) is 1. The molecular formula is C15H15Cl2N3O3S. The number of carbonyl (C=O) groups excluding carboxylic acids is 1. The van der Waals surface area contributed by atoms with Crippen LogP contribution in [0, 0.1) is 6.92 Å². The summed E-state index contributed by atoms with van der Waals surface area (Å²) < 4.78 is 1.58. The van der Waals surface area contributed by atoms with E-state index in [4.69, 9.17) is 28.3 Å². The summed E-state index contributed by atoms with van der Waals surface area (Å²) in [5.74, 6) is -0.669. The van der Waals surface area contributed by atoms with Gasteiger partial charge in [0, 0.05) is 23.0 Å². The molecule has 0 aliphatic carbocycles. The summed E-state index contributed by atoms with van der Waals surface area (Å²) in [7, 11) is 0. The van der Waals surface area contributed by atoms with Crippen molar-refractivity contribution in [2.45, 2.75) is 6.92 Å². The highest BCUT2D eigenvalue weighted by Gasteiger charge is 2.14. The number of carboxylic acids is 1. The Hall–Kier alpha value is -1.70. The van der Waals surface area contributed by atoms with E-state index in [1.807, 2.05) is 6.92 Å². The third kappa shape index (κ3) is 4.90. The summed E-state index contributed by atoms with van der Waals surface area (Å²) >= 11 is 13.3. The second-order valence-electron chi connectivity index (χ2n) is 4.88. The Morgan fingerprint density at radius 1 is 1.33 bits per heavy atom. The fraction of sp³-hybridized carbons (Fsp3) is 0.267. The van der Waals surface area contributed by atoms with E-state index in [0.29, 0.717) is 28.0 Å². The van der Waals surface area contributed by atoms with E-state index in [9.17, 15) is 9.59 Å². The monoisotopic (exact) mass is 387 g/mol. The Balaban J connectivity index is 2.02. The van der Waals surface area contributed by atoms with Crippen molar-refractivity contribution in [3.05, 3.63) is 45.7 Å². The maximum atomic E-state index is 12.1. The number of thioether (sulfide) groups is 1. The van der Waals surface area contributed by atoms with Crippen LogP contribution in [0.2, 0.25) is 10.0 Å². The van der Waals surface area contributed by atoms with Gasteiger partial charge in [-0.2, -0.15) is 5.10 Å². The maximum absolute atomic E-state index is 12.1. The number of hydrogen-bond donors (Lipinski definition) is 2. The van der Waals surface area contributed by atoms with E-state index >= 15 is 0 Å². The smallest absolute Gasteiger partial charge is 0.313 e. The normalized spacial score (nSPS) is 10.6. The predicted octanol–water partition coefficient (Wildman–Crippen LogP) is 3.04. The van der Waals surface area contributed by atoms with Crippen LogP contribution < -0.4 is 5.32 Å². The minimum atomic E-state index is -0.875. The van der Waals surface area contributed by atoms with Crippen LogP contribution in [0.15, 0.2) is 24.3 Å². The molecule has 0 aliphatic rings. The largest absolute Gasteiger partial charge is 0.481 e. The van der Waals surface area contributed by atoms with Crippen molar-refractivity contribution in [1.29, 1.82) is 0 Å². The molecule has 1 amide bonds. The number of aromatic nitrogens is 2. The number of hydrogen-bond acceptors (Lipinski definition) is 4. The molecule has 9 heteroatoms. The van der Waals surface area contributed by atoms with Gasteiger partial charge < -0.3 is 10.4 Å². The summed E-state index contributed by atoms with van der Waals surface area (Å²) in [4.78, 5) is 22.5. The lowest BCUT2D eigenvalue weighted by atomic mass is 10.3. The maximum Gasteiger partial charge on any atom is 0.313 e. The van der Waals surface area contributed by atoms with E-state index in [-0.39, 0.29) is 17.4 Å². The molecule has 2 rings (SSSR count). The van der Waals surface area contributed by atoms with Gasteiger partial charge in [0.25, 0.3) is 5.91 Å². The van der Waals surface area contributed by atoms with Crippen molar-refractivity contribution < 1.29 is 14.7 Å². The quantitative estimate of drug-likeness (QED) is 0.713. The van der Waals surface area contributed by atoms with Crippen LogP contribution in [0.4, 0.5) is 0 Å². The minimum Gasteiger partial charge on any atom is -0.481 e. The van der Waals surface area contributed by atoms with E-state index < -0.39 is 5.97 Å². The van der Waals surface area contributed by atoms with Gasteiger partial charge in [-0.1, -0.05) is 23.2 Å². The van der Waals surface area contributed by atoms with Gasteiger partial charge in [-0.25, -0.2) is 4.68 Å². The lowest BCUT2D eigenvalue weighted by Crippen LogP contribution is -2.26. The summed E-state index contributed by atoms with van der Waals surface area (Å²) in [6.45, 7) is 2.18. The second-order valence-corrected chi connectivity index (χ2v) is 6.83. The van der Waals surface area contributed by atoms with Gasteiger partial charge in [0.05, 0.1) is 16.5 Å². The van der Waals surface area contributed by atoms with Crippen LogP contribution in [0.1, 0.15) is 16.2 Å². The van der Waals surface area contributed by atoms with Gasteiger partial charge in [0.1, 0.15) is 0 Å². The molecule has 0 aliphatic heterocycles. The molecule has 0 unspecified atom stereocenters. The molecule has 2 aromatic rings. The number of nitrogens with zero attached hydrogens (tertiary/aromatic N) is 2. The van der Waals surface area contributed by atoms with Crippen LogP contribution >= 0.6 is 35.0 Å². The first-order valence-corrected chi connectivity index (χ1v) is 8.89. The summed E-state index contributed by atoms with van der Waals surface area (Å²) in [5.41, 5.74) is 1.65. The number of aliphatic carboxylic acids is 1. The highest BCUT2D eigenvalue weighted by molar-refractivity contribution is 7.99. The fourth-order valence-corrected chi connectivity index (χ4v) is 3.02. The topological polar surface area (TPSA) is 84.2 Å². The molecule has 2 N–H and O–H groups in total. The average Bonchev–Trinajstić information content (AvgIpc) is 2.88. The molecular weight excluding hydrogens is 373 g/mol. The van der Waals surface area contributed by atoms with Crippen LogP contribution in [-0.2, 0) is 4.79 Å². The number of nitrogens with one attached hydrogen (secondary N) is 1. The molecule has 0 bridgehead atoms. The Bertz CT molecular complexity index is 764. The lowest BCUT2D eigenvalue weighted by molar-refractivity contribution is -0.133. The number of rotatable bonds is 7. The van der Waals surface area contributed by atoms with Crippen molar-refractivity contribution in [1.82, 2.24) is 15.1 Å². The number of carbonyl (C=O) groups is 2.